The molecule has 0 radical (unpaired) electrons. The van der Waals surface area contributed by atoms with E-state index >= 15 is 0 Å². The van der Waals surface area contributed by atoms with E-state index in [1.807, 2.05) is 0 Å². The van der Waals surface area contributed by atoms with E-state index in [-0.39, 0.29) is 21.9 Å². The fraction of sp³-hybridized carbons (Fsp3) is 0.250. The lowest BCUT2D eigenvalue weighted by Crippen LogP contribution is -2.04. The lowest BCUT2D eigenvalue weighted by atomic mass is 10.1. The van der Waals surface area contributed by atoms with E-state index < -0.39 is 18.3 Å². The molecule has 0 aliphatic rings. The van der Waals surface area contributed by atoms with Gasteiger partial charge in [-0.15, -0.1) is 0 Å². The highest BCUT2D eigenvalue weighted by Gasteiger charge is 2.13. The molecule has 6 nitrogen and oxygen atoms in total. The Bertz CT molecular complexity index is 598. The van der Waals surface area contributed by atoms with Crippen molar-refractivity contribution in [2.75, 3.05) is 13.2 Å². The van der Waals surface area contributed by atoms with Crippen molar-refractivity contribution in [1.29, 1.82) is 0 Å². The molecule has 8 heteroatoms. The highest BCUT2D eigenvalue weighted by molar-refractivity contribution is 6.32. The number of aliphatic carboxylic acids is 1. The highest BCUT2D eigenvalue weighted by atomic mass is 35.5. The number of carboxylic acid groups (broad SMARTS) is 1. The maximum Gasteiger partial charge on any atom is 0.331 e. The van der Waals surface area contributed by atoms with Crippen LogP contribution in [0.25, 0.3) is 16.5 Å². The number of hydrogen-bond acceptors (Lipinski definition) is 3. The van der Waals surface area contributed by atoms with Gasteiger partial charge in [0.05, 0.1) is 13.2 Å². The number of carbonyl (C=O) groups is 1. The Morgan fingerprint density at radius 1 is 1.65 bits per heavy atom. The largest absolute Gasteiger partial charge is 0.492 e. The van der Waals surface area contributed by atoms with E-state index in [1.54, 1.807) is 6.92 Å². The fourth-order valence-corrected chi connectivity index (χ4v) is 1.62. The predicted octanol–water partition coefficient (Wildman–Crippen LogP) is 3.66. The second kappa shape index (κ2) is 7.37. The number of azide groups is 1. The molecule has 20 heavy (non-hydrogen) atoms. The van der Waals surface area contributed by atoms with Gasteiger partial charge in [0.25, 0.3) is 0 Å². The molecule has 1 aromatic carbocycles. The first-order valence-electron chi connectivity index (χ1n) is 5.56. The molecule has 0 unspecified atom stereocenters. The summed E-state index contributed by atoms with van der Waals surface area (Å²) in [4.78, 5) is 13.4. The van der Waals surface area contributed by atoms with Crippen LogP contribution in [0, 0.1) is 5.82 Å². The van der Waals surface area contributed by atoms with Crippen molar-refractivity contribution < 1.29 is 19.0 Å². The molecule has 1 aromatic rings. The van der Waals surface area contributed by atoms with E-state index in [9.17, 15) is 9.18 Å². The second-order valence-corrected chi connectivity index (χ2v) is 3.96. The van der Waals surface area contributed by atoms with Gasteiger partial charge in [-0.2, -0.15) is 0 Å². The molecule has 0 saturated carbocycles. The van der Waals surface area contributed by atoms with E-state index in [2.05, 4.69) is 10.0 Å². The number of halogens is 2. The lowest BCUT2D eigenvalue weighted by Gasteiger charge is -2.08. The quantitative estimate of drug-likeness (QED) is 0.376. The maximum absolute atomic E-state index is 14.0. The smallest absolute Gasteiger partial charge is 0.331 e. The number of rotatable bonds is 6. The molecule has 0 saturated heterocycles. The van der Waals surface area contributed by atoms with Crippen LogP contribution in [0.4, 0.5) is 4.39 Å². The van der Waals surface area contributed by atoms with Crippen molar-refractivity contribution in [3.8, 4) is 5.75 Å². The van der Waals surface area contributed by atoms with Gasteiger partial charge in [0.2, 0.25) is 0 Å². The minimum absolute atomic E-state index is 0.0241. The summed E-state index contributed by atoms with van der Waals surface area (Å²) in [5.41, 5.74) is 7.91. The van der Waals surface area contributed by atoms with Crippen LogP contribution < -0.4 is 4.74 Å². The van der Waals surface area contributed by atoms with Crippen LogP contribution in [0.3, 0.4) is 0 Å². The maximum atomic E-state index is 14.0. The average molecular weight is 300 g/mol. The summed E-state index contributed by atoms with van der Waals surface area (Å²) >= 11 is 5.79. The first-order valence-corrected chi connectivity index (χ1v) is 5.94. The van der Waals surface area contributed by atoms with Crippen molar-refractivity contribution in [2.45, 2.75) is 6.92 Å². The van der Waals surface area contributed by atoms with Gasteiger partial charge in [0, 0.05) is 16.0 Å². The van der Waals surface area contributed by atoms with Crippen LogP contribution in [0.5, 0.6) is 5.75 Å². The lowest BCUT2D eigenvalue weighted by molar-refractivity contribution is -0.132. The van der Waals surface area contributed by atoms with Gasteiger partial charge >= 0.3 is 5.97 Å². The third-order valence-corrected chi connectivity index (χ3v) is 2.64. The molecule has 0 bridgehead atoms. The van der Waals surface area contributed by atoms with E-state index in [0.717, 1.165) is 6.08 Å². The third kappa shape index (κ3) is 3.88. The summed E-state index contributed by atoms with van der Waals surface area (Å²) in [5.74, 6) is -1.92. The molecule has 0 amide bonds. The zero-order valence-electron chi connectivity index (χ0n) is 10.5. The molecule has 0 fully saturated rings. The SMILES string of the molecule is CCOc1ccc(C=C(CN=[N+]=[N-])C(=O)O)c(F)c1Cl. The third-order valence-electron chi connectivity index (χ3n) is 2.29. The van der Waals surface area contributed by atoms with Gasteiger partial charge in [0.15, 0.2) is 5.82 Å². The van der Waals surface area contributed by atoms with Gasteiger partial charge in [-0.3, -0.25) is 0 Å². The summed E-state index contributed by atoms with van der Waals surface area (Å²) < 4.78 is 19.1. The molecule has 106 valence electrons. The average Bonchev–Trinajstić information content (AvgIpc) is 2.42. The van der Waals surface area contributed by atoms with Crippen LogP contribution in [0.15, 0.2) is 22.8 Å². The highest BCUT2D eigenvalue weighted by Crippen LogP contribution is 2.30. The first kappa shape index (κ1) is 15.8. The standard InChI is InChI=1S/C12H11ClFN3O3/c1-2-20-9-4-3-7(11(14)10(9)13)5-8(12(18)19)6-16-17-15/h3-5H,2,6H2,1H3,(H,18,19). The summed E-state index contributed by atoms with van der Waals surface area (Å²) in [7, 11) is 0. The van der Waals surface area contributed by atoms with Crippen LogP contribution in [-0.4, -0.2) is 24.2 Å². The van der Waals surface area contributed by atoms with Crippen molar-refractivity contribution in [1.82, 2.24) is 0 Å². The summed E-state index contributed by atoms with van der Waals surface area (Å²) in [5, 5.41) is 11.8. The van der Waals surface area contributed by atoms with Crippen LogP contribution in [0.2, 0.25) is 5.02 Å². The van der Waals surface area contributed by atoms with Gasteiger partial charge in [-0.1, -0.05) is 16.7 Å². The van der Waals surface area contributed by atoms with Gasteiger partial charge in [0.1, 0.15) is 10.8 Å². The molecule has 0 aliphatic heterocycles. The van der Waals surface area contributed by atoms with Crippen molar-refractivity contribution in [3.05, 3.63) is 44.6 Å². The monoisotopic (exact) mass is 299 g/mol. The van der Waals surface area contributed by atoms with Crippen molar-refractivity contribution in [3.63, 3.8) is 0 Å². The second-order valence-electron chi connectivity index (χ2n) is 3.58. The topological polar surface area (TPSA) is 95.3 Å². The number of benzene rings is 1. The van der Waals surface area contributed by atoms with Crippen molar-refractivity contribution >= 4 is 23.6 Å². The van der Waals surface area contributed by atoms with Crippen molar-refractivity contribution in [2.24, 2.45) is 5.11 Å². The van der Waals surface area contributed by atoms with Gasteiger partial charge < -0.3 is 9.84 Å². The minimum atomic E-state index is -1.30. The first-order chi connectivity index (χ1) is 9.51. The van der Waals surface area contributed by atoms with Crippen LogP contribution in [0.1, 0.15) is 12.5 Å². The van der Waals surface area contributed by atoms with Gasteiger partial charge in [-0.05, 0) is 30.7 Å². The zero-order valence-corrected chi connectivity index (χ0v) is 11.3. The molecule has 0 atom stereocenters. The van der Waals surface area contributed by atoms with Gasteiger partial charge in [-0.25, -0.2) is 9.18 Å². The molecule has 1 N–H and O–H groups in total. The molecular weight excluding hydrogens is 289 g/mol. The van der Waals surface area contributed by atoms with Crippen LogP contribution >= 0.6 is 11.6 Å². The zero-order chi connectivity index (χ0) is 15.1. The Balaban J connectivity index is 3.21. The van der Waals surface area contributed by atoms with E-state index in [4.69, 9.17) is 27.0 Å². The molecular formula is C12H11ClFN3O3. The Morgan fingerprint density at radius 3 is 2.90 bits per heavy atom. The van der Waals surface area contributed by atoms with E-state index in [0.29, 0.717) is 6.61 Å². The predicted molar refractivity (Wildman–Crippen MR) is 72.2 cm³/mol. The Labute approximate surface area is 119 Å². The summed E-state index contributed by atoms with van der Waals surface area (Å²) in [6.07, 6.45) is 1.06. The number of carboxylic acids is 1. The number of nitrogens with zero attached hydrogens (tertiary/aromatic N) is 3. The number of hydrogen-bond donors (Lipinski definition) is 1. The Kier molecular flexibility index (Phi) is 5.83. The number of ether oxygens (including phenoxy) is 1. The fourth-order valence-electron chi connectivity index (χ4n) is 1.40. The summed E-state index contributed by atoms with van der Waals surface area (Å²) in [6, 6.07) is 2.78. The molecule has 0 aliphatic carbocycles. The Hall–Kier alpha value is -2.24. The Morgan fingerprint density at radius 2 is 2.35 bits per heavy atom. The molecule has 1 rings (SSSR count). The minimum Gasteiger partial charge on any atom is -0.492 e. The summed E-state index contributed by atoms with van der Waals surface area (Å²) in [6.45, 7) is 1.66. The molecule has 0 heterocycles. The molecule has 0 aromatic heterocycles. The van der Waals surface area contributed by atoms with Crippen LogP contribution in [-0.2, 0) is 4.79 Å². The van der Waals surface area contributed by atoms with E-state index in [1.165, 1.54) is 12.1 Å². The molecule has 0 spiro atoms. The normalized spacial score (nSPS) is 10.8.